The summed E-state index contributed by atoms with van der Waals surface area (Å²) >= 11 is 24.7. The van der Waals surface area contributed by atoms with E-state index in [1.54, 1.807) is 12.1 Å². The van der Waals surface area contributed by atoms with E-state index in [2.05, 4.69) is 10.3 Å². The van der Waals surface area contributed by atoms with Crippen LogP contribution in [0.3, 0.4) is 0 Å². The van der Waals surface area contributed by atoms with Gasteiger partial charge in [-0.3, -0.25) is 9.69 Å². The molecule has 4 rings (SSSR count). The molecule has 34 heavy (non-hydrogen) atoms. The van der Waals surface area contributed by atoms with Gasteiger partial charge in [-0.2, -0.15) is 0 Å². The van der Waals surface area contributed by atoms with E-state index in [0.717, 1.165) is 0 Å². The molecule has 182 valence electrons. The molecule has 2 aliphatic rings. The first-order valence-corrected chi connectivity index (χ1v) is 11.9. The van der Waals surface area contributed by atoms with E-state index in [9.17, 15) is 9.59 Å². The van der Waals surface area contributed by atoms with Crippen LogP contribution < -0.4 is 20.0 Å². The minimum Gasteiger partial charge on any atom is -0.442 e. The number of amides is 2. The molecule has 2 amide bonds. The topological polar surface area (TPSA) is 78.0 Å². The van der Waals surface area contributed by atoms with Gasteiger partial charge in [0.05, 0.1) is 30.2 Å². The zero-order valence-electron chi connectivity index (χ0n) is 18.0. The summed E-state index contributed by atoms with van der Waals surface area (Å²) in [5.41, 5.74) is 1.30. The van der Waals surface area contributed by atoms with Crippen molar-refractivity contribution in [2.24, 2.45) is 0 Å². The van der Waals surface area contributed by atoms with Crippen LogP contribution in [-0.4, -0.2) is 62.4 Å². The lowest BCUT2D eigenvalue weighted by Crippen LogP contribution is -2.47. The number of pyridine rings is 1. The molecule has 0 radical (unpaired) electrons. The first kappa shape index (κ1) is 24.9. The van der Waals surface area contributed by atoms with E-state index in [-0.39, 0.29) is 39.3 Å². The first-order valence-electron chi connectivity index (χ1n) is 10.4. The summed E-state index contributed by atoms with van der Waals surface area (Å²) in [5.74, 6) is -0.681. The summed E-state index contributed by atoms with van der Waals surface area (Å²) in [4.78, 5) is 32.4. The van der Waals surface area contributed by atoms with Crippen LogP contribution in [0, 0.1) is 5.82 Å². The van der Waals surface area contributed by atoms with Crippen LogP contribution in [0.2, 0.25) is 20.4 Å². The molecule has 1 aromatic carbocycles. The quantitative estimate of drug-likeness (QED) is 0.547. The van der Waals surface area contributed by atoms with Gasteiger partial charge in [0.2, 0.25) is 5.91 Å². The fourth-order valence-electron chi connectivity index (χ4n) is 3.94. The number of rotatable bonds is 5. The highest BCUT2D eigenvalue weighted by atomic mass is 35.5. The van der Waals surface area contributed by atoms with Gasteiger partial charge in [-0.25, -0.2) is 14.2 Å². The van der Waals surface area contributed by atoms with Crippen molar-refractivity contribution in [3.63, 3.8) is 0 Å². The number of hydrogen-bond donors (Lipinski definition) is 1. The minimum absolute atomic E-state index is 0.0647. The lowest BCUT2D eigenvalue weighted by Gasteiger charge is -2.38. The summed E-state index contributed by atoms with van der Waals surface area (Å²) < 4.78 is 20.3. The van der Waals surface area contributed by atoms with Gasteiger partial charge in [0.1, 0.15) is 22.0 Å². The van der Waals surface area contributed by atoms with Crippen LogP contribution in [0.4, 0.5) is 26.2 Å². The van der Waals surface area contributed by atoms with Crippen molar-refractivity contribution in [1.29, 1.82) is 0 Å². The fraction of sp³-hybridized carbons (Fsp3) is 0.381. The van der Waals surface area contributed by atoms with Gasteiger partial charge in [0, 0.05) is 33.1 Å². The number of cyclic esters (lactones) is 1. The van der Waals surface area contributed by atoms with Crippen molar-refractivity contribution in [3.8, 4) is 0 Å². The standard InChI is InChI=1S/C21H20Cl4FN5O3/c1-11(32)27-9-13-10-31(21(33)34-13)12-2-3-15(14(26)8-12)29-4-6-30(7-5-29)18-16(22)19(24)28-20(25)17(18)23/h2-3,8,13H,4-7,9-10H2,1H3,(H,27,32)/t13-/m0/s1. The van der Waals surface area contributed by atoms with Gasteiger partial charge < -0.3 is 19.9 Å². The number of carbonyl (C=O) groups is 2. The number of nitrogens with zero attached hydrogens (tertiary/aromatic N) is 4. The Balaban J connectivity index is 1.43. The van der Waals surface area contributed by atoms with Crippen molar-refractivity contribution < 1.29 is 18.7 Å². The number of halogens is 5. The Morgan fingerprint density at radius 3 is 2.32 bits per heavy atom. The summed E-state index contributed by atoms with van der Waals surface area (Å²) in [6, 6.07) is 4.61. The van der Waals surface area contributed by atoms with Crippen molar-refractivity contribution in [2.45, 2.75) is 13.0 Å². The van der Waals surface area contributed by atoms with E-state index in [4.69, 9.17) is 51.1 Å². The molecule has 0 spiro atoms. The molecule has 2 saturated heterocycles. The molecular formula is C21H20Cl4FN5O3. The van der Waals surface area contributed by atoms with Gasteiger partial charge in [-0.05, 0) is 18.2 Å². The van der Waals surface area contributed by atoms with Gasteiger partial charge in [-0.1, -0.05) is 46.4 Å². The number of benzene rings is 1. The maximum absolute atomic E-state index is 15.0. The number of carbonyl (C=O) groups excluding carboxylic acids is 2. The molecule has 1 N–H and O–H groups in total. The summed E-state index contributed by atoms with van der Waals surface area (Å²) in [6.07, 6.45) is -1.08. The lowest BCUT2D eigenvalue weighted by atomic mass is 10.2. The zero-order valence-corrected chi connectivity index (χ0v) is 21.0. The third-order valence-electron chi connectivity index (χ3n) is 5.61. The van der Waals surface area contributed by atoms with E-state index < -0.39 is 18.0 Å². The van der Waals surface area contributed by atoms with Crippen LogP contribution in [0.1, 0.15) is 6.92 Å². The largest absolute Gasteiger partial charge is 0.442 e. The van der Waals surface area contributed by atoms with Crippen LogP contribution in [-0.2, 0) is 9.53 Å². The summed E-state index contributed by atoms with van der Waals surface area (Å²) in [6.45, 7) is 3.78. The molecular weight excluding hydrogens is 531 g/mol. The average molecular weight is 551 g/mol. The third-order valence-corrected chi connectivity index (χ3v) is 7.06. The van der Waals surface area contributed by atoms with Crippen LogP contribution in [0.15, 0.2) is 18.2 Å². The monoisotopic (exact) mass is 549 g/mol. The molecule has 0 aliphatic carbocycles. The maximum atomic E-state index is 15.0. The second-order valence-corrected chi connectivity index (χ2v) is 9.31. The van der Waals surface area contributed by atoms with E-state index >= 15 is 4.39 Å². The molecule has 1 atom stereocenters. The summed E-state index contributed by atoms with van der Waals surface area (Å²) in [5, 5.41) is 3.17. The van der Waals surface area contributed by atoms with Crippen molar-refractivity contribution in [2.75, 3.05) is 54.0 Å². The molecule has 2 fully saturated rings. The summed E-state index contributed by atoms with van der Waals surface area (Å²) in [7, 11) is 0. The smallest absolute Gasteiger partial charge is 0.414 e. The van der Waals surface area contributed by atoms with Gasteiger partial charge in [0.15, 0.2) is 10.3 Å². The van der Waals surface area contributed by atoms with Crippen molar-refractivity contribution in [1.82, 2.24) is 10.3 Å². The Hall–Kier alpha value is -2.20. The van der Waals surface area contributed by atoms with Crippen LogP contribution >= 0.6 is 46.4 Å². The Morgan fingerprint density at radius 2 is 1.74 bits per heavy atom. The number of hydrogen-bond acceptors (Lipinski definition) is 6. The normalized spacial score (nSPS) is 18.4. The van der Waals surface area contributed by atoms with Gasteiger partial charge >= 0.3 is 6.09 Å². The van der Waals surface area contributed by atoms with E-state index in [1.165, 1.54) is 17.9 Å². The molecule has 2 aliphatic heterocycles. The fourth-order valence-corrected chi connectivity index (χ4v) is 4.89. The number of piperazine rings is 1. The number of ether oxygens (including phenoxy) is 1. The first-order chi connectivity index (χ1) is 16.2. The predicted octanol–water partition coefficient (Wildman–Crippen LogP) is 4.62. The lowest BCUT2D eigenvalue weighted by molar-refractivity contribution is -0.119. The Kier molecular flexibility index (Phi) is 7.47. The van der Waals surface area contributed by atoms with Crippen molar-refractivity contribution in [3.05, 3.63) is 44.4 Å². The van der Waals surface area contributed by atoms with Crippen molar-refractivity contribution >= 4 is 75.5 Å². The van der Waals surface area contributed by atoms with Gasteiger partial charge in [-0.15, -0.1) is 0 Å². The molecule has 0 unspecified atom stereocenters. The maximum Gasteiger partial charge on any atom is 0.414 e. The molecule has 2 aromatic rings. The Labute approximate surface area is 215 Å². The number of anilines is 3. The number of aromatic nitrogens is 1. The second-order valence-electron chi connectivity index (χ2n) is 7.83. The molecule has 8 nitrogen and oxygen atoms in total. The highest BCUT2D eigenvalue weighted by molar-refractivity contribution is 6.48. The number of nitrogens with one attached hydrogen (secondary N) is 1. The molecule has 0 saturated carbocycles. The van der Waals surface area contributed by atoms with E-state index in [1.807, 2.05) is 9.80 Å². The minimum atomic E-state index is -0.584. The van der Waals surface area contributed by atoms with E-state index in [0.29, 0.717) is 43.2 Å². The highest BCUT2D eigenvalue weighted by Gasteiger charge is 2.33. The molecule has 13 heteroatoms. The second kappa shape index (κ2) is 10.2. The van der Waals surface area contributed by atoms with Crippen LogP contribution in [0.25, 0.3) is 0 Å². The predicted molar refractivity (Wildman–Crippen MR) is 131 cm³/mol. The molecule has 0 bridgehead atoms. The molecule has 3 heterocycles. The third kappa shape index (κ3) is 5.07. The van der Waals surface area contributed by atoms with Crippen LogP contribution in [0.5, 0.6) is 0 Å². The van der Waals surface area contributed by atoms with Gasteiger partial charge in [0.25, 0.3) is 0 Å². The Bertz CT molecular complexity index is 1100. The highest BCUT2D eigenvalue weighted by Crippen LogP contribution is 2.41. The molecule has 1 aromatic heterocycles. The SMILES string of the molecule is CC(=O)NC[C@H]1CN(c2ccc(N3CCN(c4c(Cl)c(Cl)nc(Cl)c4Cl)CC3)c(F)c2)C(=O)O1. The average Bonchev–Trinajstić information content (AvgIpc) is 3.17. The zero-order chi connectivity index (χ0) is 24.6. The Morgan fingerprint density at radius 1 is 1.12 bits per heavy atom.